The second-order valence-electron chi connectivity index (χ2n) is 4.83. The summed E-state index contributed by atoms with van der Waals surface area (Å²) < 4.78 is 0. The van der Waals surface area contributed by atoms with Gasteiger partial charge in [0.1, 0.15) is 0 Å². The van der Waals surface area contributed by atoms with Gasteiger partial charge in [0.2, 0.25) is 0 Å². The molecule has 0 spiro atoms. The Kier molecular flexibility index (Phi) is 4.81. The summed E-state index contributed by atoms with van der Waals surface area (Å²) in [5.41, 5.74) is 8.45. The third-order valence-electron chi connectivity index (χ3n) is 3.19. The van der Waals surface area contributed by atoms with Crippen LogP contribution in [-0.4, -0.2) is 22.3 Å². The number of nitrogens with zero attached hydrogens (tertiary/aromatic N) is 2. The molecule has 0 fully saturated rings. The van der Waals surface area contributed by atoms with Gasteiger partial charge in [-0.05, 0) is 44.2 Å². The number of hydrogen-bond acceptors (Lipinski definition) is 3. The maximum atomic E-state index is 12.6. The van der Waals surface area contributed by atoms with Crippen LogP contribution in [0.3, 0.4) is 0 Å². The third-order valence-corrected chi connectivity index (χ3v) is 3.50. The van der Waals surface area contributed by atoms with Crippen molar-refractivity contribution in [3.63, 3.8) is 0 Å². The summed E-state index contributed by atoms with van der Waals surface area (Å²) in [5.74, 6) is -0.120. The molecular formula is C16H18ClN3O. The van der Waals surface area contributed by atoms with Crippen molar-refractivity contribution in [2.75, 3.05) is 12.3 Å². The Morgan fingerprint density at radius 3 is 2.71 bits per heavy atom. The number of carbonyl (C=O) groups excluding carboxylic acids is 1. The Labute approximate surface area is 129 Å². The summed E-state index contributed by atoms with van der Waals surface area (Å²) >= 11 is 6.11. The van der Waals surface area contributed by atoms with E-state index in [9.17, 15) is 4.79 Å². The van der Waals surface area contributed by atoms with Gasteiger partial charge < -0.3 is 10.6 Å². The molecule has 2 aromatic rings. The summed E-state index contributed by atoms with van der Waals surface area (Å²) in [6.07, 6.45) is 0. The molecule has 0 bridgehead atoms. The molecule has 0 unspecified atom stereocenters. The van der Waals surface area contributed by atoms with E-state index in [4.69, 9.17) is 17.3 Å². The Hall–Kier alpha value is -2.07. The first-order valence-corrected chi connectivity index (χ1v) is 7.16. The van der Waals surface area contributed by atoms with Crippen molar-refractivity contribution in [2.24, 2.45) is 0 Å². The number of aromatic nitrogens is 1. The molecule has 21 heavy (non-hydrogen) atoms. The largest absolute Gasteiger partial charge is 0.399 e. The number of rotatable bonds is 4. The van der Waals surface area contributed by atoms with E-state index in [1.165, 1.54) is 0 Å². The van der Waals surface area contributed by atoms with Crippen LogP contribution in [0.4, 0.5) is 5.69 Å². The highest BCUT2D eigenvalue weighted by Gasteiger charge is 2.18. The van der Waals surface area contributed by atoms with Gasteiger partial charge >= 0.3 is 0 Å². The van der Waals surface area contributed by atoms with E-state index in [-0.39, 0.29) is 5.91 Å². The summed E-state index contributed by atoms with van der Waals surface area (Å²) in [6.45, 7) is 4.89. The second kappa shape index (κ2) is 6.59. The van der Waals surface area contributed by atoms with Crippen LogP contribution in [0.25, 0.3) is 0 Å². The first-order chi connectivity index (χ1) is 10.0. The average molecular weight is 304 g/mol. The molecule has 4 nitrogen and oxygen atoms in total. The third kappa shape index (κ3) is 3.73. The topological polar surface area (TPSA) is 59.2 Å². The molecule has 0 saturated heterocycles. The van der Waals surface area contributed by atoms with Crippen LogP contribution in [0.2, 0.25) is 5.02 Å². The molecule has 1 amide bonds. The Balaban J connectivity index is 2.22. The SMILES string of the molecule is CCN(Cc1cccc(C)n1)C(=O)c1ccc(N)cc1Cl. The lowest BCUT2D eigenvalue weighted by atomic mass is 10.1. The number of benzene rings is 1. The zero-order valence-electron chi connectivity index (χ0n) is 12.1. The molecule has 0 atom stereocenters. The van der Waals surface area contributed by atoms with Crippen molar-refractivity contribution in [3.05, 3.63) is 58.4 Å². The molecule has 1 heterocycles. The van der Waals surface area contributed by atoms with Crippen LogP contribution in [0, 0.1) is 6.92 Å². The second-order valence-corrected chi connectivity index (χ2v) is 5.24. The molecule has 0 saturated carbocycles. The minimum atomic E-state index is -0.120. The van der Waals surface area contributed by atoms with Crippen molar-refractivity contribution in [1.29, 1.82) is 0 Å². The minimum absolute atomic E-state index is 0.120. The van der Waals surface area contributed by atoms with Gasteiger partial charge in [-0.2, -0.15) is 0 Å². The number of halogens is 1. The van der Waals surface area contributed by atoms with Gasteiger partial charge in [-0.15, -0.1) is 0 Å². The fourth-order valence-corrected chi connectivity index (χ4v) is 2.36. The maximum absolute atomic E-state index is 12.6. The van der Waals surface area contributed by atoms with Crippen molar-refractivity contribution in [2.45, 2.75) is 20.4 Å². The van der Waals surface area contributed by atoms with Crippen LogP contribution in [0.15, 0.2) is 36.4 Å². The zero-order chi connectivity index (χ0) is 15.4. The van der Waals surface area contributed by atoms with Crippen molar-refractivity contribution < 1.29 is 4.79 Å². The lowest BCUT2D eigenvalue weighted by molar-refractivity contribution is 0.0750. The predicted molar refractivity (Wildman–Crippen MR) is 85.3 cm³/mol. The quantitative estimate of drug-likeness (QED) is 0.882. The van der Waals surface area contributed by atoms with Gasteiger partial charge in [0, 0.05) is 17.9 Å². The Bertz CT molecular complexity index is 658. The van der Waals surface area contributed by atoms with Gasteiger partial charge in [0.25, 0.3) is 5.91 Å². The number of nitrogens with two attached hydrogens (primary N) is 1. The van der Waals surface area contributed by atoms with Gasteiger partial charge in [-0.1, -0.05) is 17.7 Å². The maximum Gasteiger partial charge on any atom is 0.255 e. The number of amides is 1. The molecule has 1 aromatic heterocycles. The fourth-order valence-electron chi connectivity index (χ4n) is 2.09. The van der Waals surface area contributed by atoms with Crippen LogP contribution in [-0.2, 0) is 6.54 Å². The summed E-state index contributed by atoms with van der Waals surface area (Å²) in [5, 5.41) is 0.371. The molecule has 2 N–H and O–H groups in total. The molecule has 5 heteroatoms. The Morgan fingerprint density at radius 1 is 1.33 bits per heavy atom. The fraction of sp³-hybridized carbons (Fsp3) is 0.250. The van der Waals surface area contributed by atoms with Crippen LogP contribution in [0.5, 0.6) is 0 Å². The number of aryl methyl sites for hydroxylation is 1. The molecule has 0 aliphatic rings. The van der Waals surface area contributed by atoms with Crippen LogP contribution in [0.1, 0.15) is 28.7 Å². The van der Waals surface area contributed by atoms with E-state index in [1.54, 1.807) is 23.1 Å². The highest BCUT2D eigenvalue weighted by molar-refractivity contribution is 6.34. The molecule has 0 aliphatic heterocycles. The van der Waals surface area contributed by atoms with E-state index in [1.807, 2.05) is 32.0 Å². The van der Waals surface area contributed by atoms with Crippen LogP contribution < -0.4 is 5.73 Å². The van der Waals surface area contributed by atoms with Gasteiger partial charge in [-0.25, -0.2) is 0 Å². The number of hydrogen-bond donors (Lipinski definition) is 1. The van der Waals surface area contributed by atoms with E-state index < -0.39 is 0 Å². The highest BCUT2D eigenvalue weighted by Crippen LogP contribution is 2.21. The van der Waals surface area contributed by atoms with Gasteiger partial charge in [0.05, 0.1) is 22.8 Å². The average Bonchev–Trinajstić information content (AvgIpc) is 2.44. The molecule has 2 rings (SSSR count). The molecule has 0 aliphatic carbocycles. The predicted octanol–water partition coefficient (Wildman–Crippen LogP) is 3.29. The summed E-state index contributed by atoms with van der Waals surface area (Å²) in [4.78, 5) is 18.7. The van der Waals surface area contributed by atoms with Crippen LogP contribution >= 0.6 is 11.6 Å². The van der Waals surface area contributed by atoms with Crippen molar-refractivity contribution in [3.8, 4) is 0 Å². The zero-order valence-corrected chi connectivity index (χ0v) is 12.9. The van der Waals surface area contributed by atoms with E-state index >= 15 is 0 Å². The first kappa shape index (κ1) is 15.3. The smallest absolute Gasteiger partial charge is 0.255 e. The van der Waals surface area contributed by atoms with Crippen molar-refractivity contribution >= 4 is 23.2 Å². The number of carbonyl (C=O) groups is 1. The van der Waals surface area contributed by atoms with E-state index in [2.05, 4.69) is 4.98 Å². The van der Waals surface area contributed by atoms with E-state index in [0.717, 1.165) is 11.4 Å². The standard InChI is InChI=1S/C16H18ClN3O/c1-3-20(10-13-6-4-5-11(2)19-13)16(21)14-8-7-12(18)9-15(14)17/h4-9H,3,10,18H2,1-2H3. The molecule has 0 radical (unpaired) electrons. The highest BCUT2D eigenvalue weighted by atomic mass is 35.5. The van der Waals surface area contributed by atoms with Gasteiger partial charge in [-0.3, -0.25) is 9.78 Å². The number of nitrogen functional groups attached to an aromatic ring is 1. The monoisotopic (exact) mass is 303 g/mol. The lowest BCUT2D eigenvalue weighted by Gasteiger charge is -2.21. The van der Waals surface area contributed by atoms with Gasteiger partial charge in [0.15, 0.2) is 0 Å². The van der Waals surface area contributed by atoms with Crippen molar-refractivity contribution in [1.82, 2.24) is 9.88 Å². The normalized spacial score (nSPS) is 10.4. The van der Waals surface area contributed by atoms with E-state index in [0.29, 0.717) is 29.4 Å². The Morgan fingerprint density at radius 2 is 2.10 bits per heavy atom. The lowest BCUT2D eigenvalue weighted by Crippen LogP contribution is -2.31. The first-order valence-electron chi connectivity index (χ1n) is 6.78. The number of anilines is 1. The summed E-state index contributed by atoms with van der Waals surface area (Å²) in [6, 6.07) is 10.7. The molecular weight excluding hydrogens is 286 g/mol. The number of pyridine rings is 1. The molecule has 110 valence electrons. The summed E-state index contributed by atoms with van der Waals surface area (Å²) in [7, 11) is 0. The molecule has 1 aromatic carbocycles. The minimum Gasteiger partial charge on any atom is -0.399 e.